The number of halogens is 1. The first-order chi connectivity index (χ1) is 6.00. The van der Waals surface area contributed by atoms with Crippen LogP contribution >= 0.6 is 15.9 Å². The van der Waals surface area contributed by atoms with Crippen LogP contribution in [-0.4, -0.2) is 39.8 Å². The predicted octanol–water partition coefficient (Wildman–Crippen LogP) is 0.703. The number of alkyl halides is 1. The van der Waals surface area contributed by atoms with Crippen LogP contribution < -0.4 is 0 Å². The number of rotatable bonds is 3. The number of amides is 1. The van der Waals surface area contributed by atoms with E-state index < -0.39 is 11.9 Å². The lowest BCUT2D eigenvalue weighted by molar-refractivity contribution is -0.142. The summed E-state index contributed by atoms with van der Waals surface area (Å²) in [5.74, 6) is -1.30. The van der Waals surface area contributed by atoms with E-state index in [4.69, 9.17) is 5.11 Å². The predicted molar refractivity (Wildman–Crippen MR) is 50.7 cm³/mol. The molecule has 1 fully saturated rings. The van der Waals surface area contributed by atoms with Gasteiger partial charge in [0.15, 0.2) is 0 Å². The molecule has 1 N–H and O–H groups in total. The SMILES string of the molecule is CC(CN1CC(Br)CC1=O)C(=O)O. The van der Waals surface area contributed by atoms with Crippen molar-refractivity contribution in [1.29, 1.82) is 0 Å². The van der Waals surface area contributed by atoms with E-state index >= 15 is 0 Å². The van der Waals surface area contributed by atoms with E-state index in [0.29, 0.717) is 19.5 Å². The Balaban J connectivity index is 2.46. The van der Waals surface area contributed by atoms with Crippen LogP contribution in [0.2, 0.25) is 0 Å². The second-order valence-electron chi connectivity index (χ2n) is 3.34. The Morgan fingerprint density at radius 3 is 2.85 bits per heavy atom. The number of nitrogens with zero attached hydrogens (tertiary/aromatic N) is 1. The van der Waals surface area contributed by atoms with Gasteiger partial charge in [0, 0.05) is 24.3 Å². The van der Waals surface area contributed by atoms with Crippen LogP contribution in [0.3, 0.4) is 0 Å². The number of likely N-dealkylation sites (tertiary alicyclic amines) is 1. The van der Waals surface area contributed by atoms with Crippen LogP contribution in [-0.2, 0) is 9.59 Å². The third kappa shape index (κ3) is 2.69. The lowest BCUT2D eigenvalue weighted by Crippen LogP contribution is -2.33. The summed E-state index contributed by atoms with van der Waals surface area (Å²) in [4.78, 5) is 23.5. The van der Waals surface area contributed by atoms with E-state index in [1.165, 1.54) is 0 Å². The molecule has 5 heteroatoms. The third-order valence-electron chi connectivity index (χ3n) is 2.08. The van der Waals surface area contributed by atoms with Gasteiger partial charge in [0.05, 0.1) is 5.92 Å². The third-order valence-corrected chi connectivity index (χ3v) is 2.70. The van der Waals surface area contributed by atoms with E-state index in [0.717, 1.165) is 0 Å². The molecule has 2 atom stereocenters. The molecule has 0 radical (unpaired) electrons. The molecule has 0 saturated carbocycles. The van der Waals surface area contributed by atoms with Crippen molar-refractivity contribution in [3.8, 4) is 0 Å². The van der Waals surface area contributed by atoms with Gasteiger partial charge in [-0.25, -0.2) is 0 Å². The smallest absolute Gasteiger partial charge is 0.308 e. The van der Waals surface area contributed by atoms with E-state index in [2.05, 4.69) is 15.9 Å². The number of hydrogen-bond acceptors (Lipinski definition) is 2. The highest BCUT2D eigenvalue weighted by Gasteiger charge is 2.29. The van der Waals surface area contributed by atoms with Gasteiger partial charge in [-0.2, -0.15) is 0 Å². The quantitative estimate of drug-likeness (QED) is 0.750. The maximum atomic E-state index is 11.2. The minimum absolute atomic E-state index is 0.0370. The van der Waals surface area contributed by atoms with Crippen molar-refractivity contribution in [1.82, 2.24) is 4.90 Å². The molecular formula is C8H12BrNO3. The largest absolute Gasteiger partial charge is 0.481 e. The van der Waals surface area contributed by atoms with E-state index in [1.807, 2.05) is 0 Å². The molecule has 1 aliphatic heterocycles. The first-order valence-corrected chi connectivity index (χ1v) is 5.07. The Bertz CT molecular complexity index is 231. The van der Waals surface area contributed by atoms with Gasteiger partial charge in [-0.3, -0.25) is 9.59 Å². The Labute approximate surface area is 85.0 Å². The van der Waals surface area contributed by atoms with Crippen LogP contribution in [0.1, 0.15) is 13.3 Å². The minimum Gasteiger partial charge on any atom is -0.481 e. The van der Waals surface area contributed by atoms with E-state index in [1.54, 1.807) is 11.8 Å². The van der Waals surface area contributed by atoms with Crippen LogP contribution in [0.5, 0.6) is 0 Å². The highest BCUT2D eigenvalue weighted by Crippen LogP contribution is 2.18. The van der Waals surface area contributed by atoms with Crippen LogP contribution in [0.25, 0.3) is 0 Å². The molecular weight excluding hydrogens is 238 g/mol. The summed E-state index contributed by atoms with van der Waals surface area (Å²) in [7, 11) is 0. The molecule has 1 amide bonds. The number of carboxylic acids is 1. The first kappa shape index (κ1) is 10.5. The number of carbonyl (C=O) groups excluding carboxylic acids is 1. The zero-order valence-electron chi connectivity index (χ0n) is 7.36. The molecule has 2 unspecified atom stereocenters. The highest BCUT2D eigenvalue weighted by atomic mass is 79.9. The molecule has 4 nitrogen and oxygen atoms in total. The van der Waals surface area contributed by atoms with Gasteiger partial charge in [-0.05, 0) is 0 Å². The van der Waals surface area contributed by atoms with Crippen molar-refractivity contribution < 1.29 is 14.7 Å². The molecule has 1 aliphatic rings. The Morgan fingerprint density at radius 1 is 1.85 bits per heavy atom. The first-order valence-electron chi connectivity index (χ1n) is 4.15. The monoisotopic (exact) mass is 249 g/mol. The van der Waals surface area contributed by atoms with E-state index in [9.17, 15) is 9.59 Å². The molecule has 0 aliphatic carbocycles. The van der Waals surface area contributed by atoms with Gasteiger partial charge in [0.2, 0.25) is 5.91 Å². The Hall–Kier alpha value is -0.580. The normalized spacial score (nSPS) is 24.9. The van der Waals surface area contributed by atoms with Gasteiger partial charge in [-0.15, -0.1) is 0 Å². The van der Waals surface area contributed by atoms with Crippen LogP contribution in [0.15, 0.2) is 0 Å². The highest BCUT2D eigenvalue weighted by molar-refractivity contribution is 9.09. The molecule has 0 spiro atoms. The summed E-state index contributed by atoms with van der Waals surface area (Å²) < 4.78 is 0. The van der Waals surface area contributed by atoms with Crippen molar-refractivity contribution in [2.45, 2.75) is 18.2 Å². The Morgan fingerprint density at radius 2 is 2.46 bits per heavy atom. The van der Waals surface area contributed by atoms with Crippen LogP contribution in [0.4, 0.5) is 0 Å². The standard InChI is InChI=1S/C8H12BrNO3/c1-5(8(12)13)3-10-4-6(9)2-7(10)11/h5-6H,2-4H2,1H3,(H,12,13). The second kappa shape index (κ2) is 4.09. The van der Waals surface area contributed by atoms with Gasteiger partial charge in [0.1, 0.15) is 0 Å². The average molecular weight is 250 g/mol. The number of carboxylic acid groups (broad SMARTS) is 1. The van der Waals surface area contributed by atoms with Gasteiger partial charge in [-0.1, -0.05) is 22.9 Å². The molecule has 0 bridgehead atoms. The molecule has 1 rings (SSSR count). The summed E-state index contributed by atoms with van der Waals surface area (Å²) in [5.41, 5.74) is 0. The Kier molecular flexibility index (Phi) is 3.30. The fraction of sp³-hybridized carbons (Fsp3) is 0.750. The summed E-state index contributed by atoms with van der Waals surface area (Å²) >= 11 is 3.34. The van der Waals surface area contributed by atoms with Crippen molar-refractivity contribution in [3.63, 3.8) is 0 Å². The zero-order valence-corrected chi connectivity index (χ0v) is 8.95. The van der Waals surface area contributed by atoms with Crippen molar-refractivity contribution in [3.05, 3.63) is 0 Å². The molecule has 1 saturated heterocycles. The van der Waals surface area contributed by atoms with Crippen molar-refractivity contribution in [2.75, 3.05) is 13.1 Å². The lowest BCUT2D eigenvalue weighted by atomic mass is 10.2. The molecule has 0 aromatic rings. The molecule has 13 heavy (non-hydrogen) atoms. The summed E-state index contributed by atoms with van der Waals surface area (Å²) in [6, 6.07) is 0. The van der Waals surface area contributed by atoms with Crippen molar-refractivity contribution in [2.24, 2.45) is 5.92 Å². The zero-order chi connectivity index (χ0) is 10.0. The van der Waals surface area contributed by atoms with Gasteiger partial charge >= 0.3 is 5.97 Å². The number of carbonyl (C=O) groups is 2. The van der Waals surface area contributed by atoms with Crippen LogP contribution in [0, 0.1) is 5.92 Å². The maximum Gasteiger partial charge on any atom is 0.308 e. The molecule has 0 aromatic carbocycles. The minimum atomic E-state index is -0.856. The fourth-order valence-corrected chi connectivity index (χ4v) is 1.94. The maximum absolute atomic E-state index is 11.2. The summed E-state index contributed by atoms with van der Waals surface area (Å²) in [6.07, 6.45) is 0.479. The summed E-state index contributed by atoms with van der Waals surface area (Å²) in [5, 5.41) is 8.64. The second-order valence-corrected chi connectivity index (χ2v) is 4.63. The fourth-order valence-electron chi connectivity index (χ4n) is 1.31. The number of aliphatic carboxylic acids is 1. The molecule has 74 valence electrons. The van der Waals surface area contributed by atoms with E-state index in [-0.39, 0.29) is 10.7 Å². The topological polar surface area (TPSA) is 57.6 Å². The van der Waals surface area contributed by atoms with Gasteiger partial charge in [0.25, 0.3) is 0 Å². The number of hydrogen-bond donors (Lipinski definition) is 1. The summed E-state index contributed by atoms with van der Waals surface area (Å²) in [6.45, 7) is 2.55. The molecule has 1 heterocycles. The van der Waals surface area contributed by atoms with Gasteiger partial charge < -0.3 is 10.0 Å². The molecule has 0 aromatic heterocycles. The average Bonchev–Trinajstić information content (AvgIpc) is 2.30. The lowest BCUT2D eigenvalue weighted by Gasteiger charge is -2.17. The van der Waals surface area contributed by atoms with Crippen molar-refractivity contribution >= 4 is 27.8 Å².